The SMILES string of the molecule is Cc1ccsc1-c1ccc([C@H](C)NC(=O)[C@@H]2C[C@@H](O)CN2C(=O)[C@@H](NC(=O)COCCN2CCN(c3ccc(C(=O)NC4C(C)(C)C(Oc5ccc(C#N)c(Cl)c5)C4(C)C)cc3)CC2)C(C)(C)C)cc1. The fourth-order valence-corrected chi connectivity index (χ4v) is 11.7. The molecule has 3 aliphatic rings. The molecule has 70 heavy (non-hydrogen) atoms. The number of hydrogen-bond acceptors (Lipinski definition) is 11. The minimum atomic E-state index is -0.955. The van der Waals surface area contributed by atoms with Gasteiger partial charge in [0.05, 0.1) is 29.3 Å². The second kappa shape index (κ2) is 21.5. The van der Waals surface area contributed by atoms with Crippen molar-refractivity contribution in [3.05, 3.63) is 105 Å². The summed E-state index contributed by atoms with van der Waals surface area (Å²) in [4.78, 5) is 61.8. The first-order valence-electron chi connectivity index (χ1n) is 24.1. The summed E-state index contributed by atoms with van der Waals surface area (Å²) in [7, 11) is 0. The minimum Gasteiger partial charge on any atom is -0.489 e. The minimum absolute atomic E-state index is 0.00915. The Morgan fingerprint density at radius 3 is 2.21 bits per heavy atom. The predicted molar refractivity (Wildman–Crippen MR) is 274 cm³/mol. The number of amides is 4. The number of hydrogen-bond donors (Lipinski definition) is 4. The normalized spacial score (nSPS) is 21.7. The molecule has 2 saturated heterocycles. The number of β-amino-alcohol motifs (C(OH)–C–C–N with tert-alkyl or cyclic N) is 1. The van der Waals surface area contributed by atoms with E-state index in [9.17, 15) is 29.5 Å². The second-order valence-electron chi connectivity index (χ2n) is 21.3. The number of carbonyl (C=O) groups is 4. The molecule has 2 aliphatic heterocycles. The van der Waals surface area contributed by atoms with Crippen LogP contribution in [0.4, 0.5) is 5.69 Å². The quantitative estimate of drug-likeness (QED) is 0.0830. The highest BCUT2D eigenvalue weighted by Gasteiger charge is 2.64. The van der Waals surface area contributed by atoms with E-state index < -0.39 is 35.4 Å². The van der Waals surface area contributed by atoms with Crippen LogP contribution in [0.25, 0.3) is 10.4 Å². The fraction of sp³-hybridized carbons (Fsp3) is 0.500. The molecule has 0 spiro atoms. The molecular weight excluding hydrogens is 926 g/mol. The number of ether oxygens (including phenoxy) is 2. The predicted octanol–water partition coefficient (Wildman–Crippen LogP) is 7.37. The van der Waals surface area contributed by atoms with Crippen LogP contribution in [0.2, 0.25) is 5.02 Å². The molecule has 1 aromatic heterocycles. The van der Waals surface area contributed by atoms with Crippen molar-refractivity contribution in [2.24, 2.45) is 16.2 Å². The summed E-state index contributed by atoms with van der Waals surface area (Å²) in [5, 5.41) is 31.5. The maximum Gasteiger partial charge on any atom is 0.251 e. The molecule has 14 nitrogen and oxygen atoms in total. The van der Waals surface area contributed by atoms with Gasteiger partial charge in [-0.25, -0.2) is 0 Å². The second-order valence-corrected chi connectivity index (χ2v) is 22.6. The number of halogens is 1. The number of carbonyl (C=O) groups excluding carboxylic acids is 4. The summed E-state index contributed by atoms with van der Waals surface area (Å²) < 4.78 is 12.2. The van der Waals surface area contributed by atoms with Gasteiger partial charge in [-0.3, -0.25) is 24.1 Å². The van der Waals surface area contributed by atoms with Crippen LogP contribution in [0.3, 0.4) is 0 Å². The van der Waals surface area contributed by atoms with Gasteiger partial charge in [0.15, 0.2) is 0 Å². The summed E-state index contributed by atoms with van der Waals surface area (Å²) in [6.45, 7) is 21.7. The van der Waals surface area contributed by atoms with E-state index >= 15 is 0 Å². The largest absolute Gasteiger partial charge is 0.489 e. The molecule has 0 unspecified atom stereocenters. The van der Waals surface area contributed by atoms with E-state index in [0.717, 1.165) is 43.0 Å². The van der Waals surface area contributed by atoms with Crippen molar-refractivity contribution in [3.8, 4) is 22.3 Å². The van der Waals surface area contributed by atoms with Gasteiger partial charge in [0.1, 0.15) is 36.6 Å². The lowest BCUT2D eigenvalue weighted by molar-refractivity contribution is -0.164. The highest BCUT2D eigenvalue weighted by Crippen LogP contribution is 2.55. The van der Waals surface area contributed by atoms with Crippen LogP contribution in [-0.4, -0.2) is 121 Å². The van der Waals surface area contributed by atoms with E-state index in [1.54, 1.807) is 29.5 Å². The Morgan fingerprint density at radius 1 is 0.943 bits per heavy atom. The first-order valence-corrected chi connectivity index (χ1v) is 25.4. The first-order chi connectivity index (χ1) is 33.1. The number of piperazine rings is 1. The number of anilines is 1. The molecule has 374 valence electrons. The summed E-state index contributed by atoms with van der Waals surface area (Å²) in [6.07, 6.45) is -0.973. The molecule has 4 aromatic rings. The van der Waals surface area contributed by atoms with Crippen molar-refractivity contribution < 1.29 is 33.8 Å². The van der Waals surface area contributed by atoms with Gasteiger partial charge in [0.2, 0.25) is 17.7 Å². The molecule has 16 heteroatoms. The molecule has 4 N–H and O–H groups in total. The third-order valence-corrected chi connectivity index (χ3v) is 15.6. The standard InChI is InChI=1S/C54H68ClN7O7S/c1-33-20-27-70-45(33)36-12-10-35(11-13-36)34(2)57-48(66)43-28-40(63)31-62(43)49(67)46(52(3,4)5)58-44(64)32-68-26-25-60-21-23-61(24-22-60)39-17-14-37(15-18-39)47(65)59-50-53(6,7)51(54(50,8)9)69-41-19-16-38(30-56)42(55)29-41/h10-20,27,29,34,40,43,46,50-51,63H,21-26,28,31-32H2,1-9H3,(H,57,66)(H,58,64)(H,59,65)/t34-,40+,43-,46+,50?,51?/m0/s1. The van der Waals surface area contributed by atoms with Crippen molar-refractivity contribution in [2.75, 3.05) is 57.4 Å². The zero-order valence-electron chi connectivity index (χ0n) is 41.8. The number of nitrogens with zero attached hydrogens (tertiary/aromatic N) is 4. The zero-order chi connectivity index (χ0) is 50.7. The third kappa shape index (κ3) is 11.6. The van der Waals surface area contributed by atoms with Crippen LogP contribution < -0.4 is 25.6 Å². The Morgan fingerprint density at radius 2 is 1.61 bits per heavy atom. The van der Waals surface area contributed by atoms with E-state index in [0.29, 0.717) is 35.1 Å². The molecule has 7 rings (SSSR count). The number of rotatable bonds is 16. The number of aliphatic hydroxyl groups is 1. The van der Waals surface area contributed by atoms with E-state index in [4.69, 9.17) is 21.1 Å². The summed E-state index contributed by atoms with van der Waals surface area (Å²) >= 11 is 7.95. The average molecular weight is 995 g/mol. The molecule has 0 bridgehead atoms. The van der Waals surface area contributed by atoms with Gasteiger partial charge in [0.25, 0.3) is 5.91 Å². The topological polar surface area (TPSA) is 177 Å². The smallest absolute Gasteiger partial charge is 0.251 e. The van der Waals surface area contributed by atoms with Gasteiger partial charge < -0.3 is 40.3 Å². The maximum absolute atomic E-state index is 14.1. The van der Waals surface area contributed by atoms with Crippen LogP contribution in [0.15, 0.2) is 78.2 Å². The fourth-order valence-electron chi connectivity index (χ4n) is 10.5. The molecule has 3 fully saturated rings. The monoisotopic (exact) mass is 993 g/mol. The zero-order valence-corrected chi connectivity index (χ0v) is 43.4. The molecular formula is C54H68ClN7O7S. The molecule has 3 heterocycles. The Bertz CT molecular complexity index is 2550. The number of nitriles is 1. The molecule has 0 radical (unpaired) electrons. The summed E-state index contributed by atoms with van der Waals surface area (Å²) in [5.41, 5.74) is 3.79. The van der Waals surface area contributed by atoms with Gasteiger partial charge in [-0.1, -0.05) is 84.3 Å². The molecule has 4 amide bonds. The van der Waals surface area contributed by atoms with E-state index in [-0.39, 0.29) is 60.4 Å². The van der Waals surface area contributed by atoms with Crippen molar-refractivity contribution in [1.29, 1.82) is 5.26 Å². The number of aliphatic hydroxyl groups excluding tert-OH is 1. The van der Waals surface area contributed by atoms with Crippen LogP contribution in [0.5, 0.6) is 5.75 Å². The van der Waals surface area contributed by atoms with E-state index in [1.807, 2.05) is 76.2 Å². The van der Waals surface area contributed by atoms with Crippen molar-refractivity contribution in [1.82, 2.24) is 25.8 Å². The van der Waals surface area contributed by atoms with Gasteiger partial charge in [-0.2, -0.15) is 5.26 Å². The third-order valence-electron chi connectivity index (χ3n) is 14.3. The number of benzene rings is 3. The van der Waals surface area contributed by atoms with Gasteiger partial charge in [-0.05, 0) is 83.8 Å². The Balaban J connectivity index is 0.831. The van der Waals surface area contributed by atoms with E-state index in [1.165, 1.54) is 15.3 Å². The Hall–Kier alpha value is -5.50. The molecule has 4 atom stereocenters. The average Bonchev–Trinajstić information content (AvgIpc) is 3.95. The Labute approximate surface area is 421 Å². The van der Waals surface area contributed by atoms with Gasteiger partial charge >= 0.3 is 0 Å². The van der Waals surface area contributed by atoms with Crippen molar-refractivity contribution in [2.45, 2.75) is 105 Å². The summed E-state index contributed by atoms with van der Waals surface area (Å²) in [6, 6.07) is 22.6. The maximum atomic E-state index is 14.1. The van der Waals surface area contributed by atoms with Crippen molar-refractivity contribution >= 4 is 52.3 Å². The lowest BCUT2D eigenvalue weighted by Crippen LogP contribution is -2.74. The Kier molecular flexibility index (Phi) is 16.0. The molecule has 3 aromatic carbocycles. The van der Waals surface area contributed by atoms with Gasteiger partial charge in [0, 0.05) is 84.8 Å². The van der Waals surface area contributed by atoms with Crippen LogP contribution in [0.1, 0.15) is 94.9 Å². The highest BCUT2D eigenvalue weighted by atomic mass is 35.5. The van der Waals surface area contributed by atoms with Crippen LogP contribution >= 0.6 is 22.9 Å². The molecule has 1 aliphatic carbocycles. The lowest BCUT2D eigenvalue weighted by Gasteiger charge is -2.63. The van der Waals surface area contributed by atoms with Crippen LogP contribution in [-0.2, 0) is 19.1 Å². The van der Waals surface area contributed by atoms with Crippen LogP contribution in [0, 0.1) is 34.5 Å². The number of thiophene rings is 1. The van der Waals surface area contributed by atoms with E-state index in [2.05, 4.69) is 77.9 Å². The number of likely N-dealkylation sites (tertiary alicyclic amines) is 1. The lowest BCUT2D eigenvalue weighted by atomic mass is 9.49. The van der Waals surface area contributed by atoms with Gasteiger partial charge in [-0.15, -0.1) is 11.3 Å². The number of nitrogens with one attached hydrogen (secondary N) is 3. The first kappa shape index (κ1) is 52.3. The molecule has 1 saturated carbocycles. The summed E-state index contributed by atoms with van der Waals surface area (Å²) in [5.74, 6) is -0.782. The van der Waals surface area contributed by atoms with Crippen molar-refractivity contribution in [3.63, 3.8) is 0 Å². The number of aryl methyl sites for hydroxylation is 1. The highest BCUT2D eigenvalue weighted by molar-refractivity contribution is 7.13.